The molecule has 0 spiro atoms. The molecule has 0 unspecified atom stereocenters. The maximum absolute atomic E-state index is 12.2. The van der Waals surface area contributed by atoms with Gasteiger partial charge >= 0.3 is 5.97 Å². The molecule has 0 radical (unpaired) electrons. The molecule has 3 heterocycles. The summed E-state index contributed by atoms with van der Waals surface area (Å²) in [6.07, 6.45) is 1.06. The predicted octanol–water partition coefficient (Wildman–Crippen LogP) is 0.855. The fourth-order valence-corrected chi connectivity index (χ4v) is 3.06. The van der Waals surface area contributed by atoms with E-state index in [9.17, 15) is 9.59 Å². The van der Waals surface area contributed by atoms with Gasteiger partial charge in [-0.2, -0.15) is 0 Å². The molecule has 20 heavy (non-hydrogen) atoms. The SMILES string of the molecule is Cc1noc(C)c1CCC(=O)N1C[C@@H]2COC(=O)[C@@H]2C1. The average Bonchev–Trinajstić information content (AvgIpc) is 3.06. The van der Waals surface area contributed by atoms with Crippen molar-refractivity contribution in [2.24, 2.45) is 11.8 Å². The zero-order valence-electron chi connectivity index (χ0n) is 11.7. The Morgan fingerprint density at radius 3 is 2.85 bits per heavy atom. The molecular weight excluding hydrogens is 260 g/mol. The number of fused-ring (bicyclic) bond motifs is 1. The topological polar surface area (TPSA) is 72.6 Å². The minimum atomic E-state index is -0.156. The molecule has 0 bridgehead atoms. The number of carbonyl (C=O) groups excluding carboxylic acids is 2. The Morgan fingerprint density at radius 2 is 2.20 bits per heavy atom. The van der Waals surface area contributed by atoms with E-state index < -0.39 is 0 Å². The Labute approximate surface area is 117 Å². The molecule has 108 valence electrons. The molecule has 2 fully saturated rings. The third kappa shape index (κ3) is 2.19. The van der Waals surface area contributed by atoms with Crippen molar-refractivity contribution in [3.8, 4) is 0 Å². The van der Waals surface area contributed by atoms with Crippen LogP contribution in [0.3, 0.4) is 0 Å². The average molecular weight is 278 g/mol. The third-order valence-corrected chi connectivity index (χ3v) is 4.31. The number of ether oxygens (including phenoxy) is 1. The van der Waals surface area contributed by atoms with Crippen LogP contribution in [0, 0.1) is 25.7 Å². The van der Waals surface area contributed by atoms with E-state index in [-0.39, 0.29) is 23.7 Å². The van der Waals surface area contributed by atoms with Gasteiger partial charge < -0.3 is 14.2 Å². The van der Waals surface area contributed by atoms with E-state index >= 15 is 0 Å². The van der Waals surface area contributed by atoms with E-state index in [2.05, 4.69) is 5.16 Å². The van der Waals surface area contributed by atoms with E-state index in [1.54, 1.807) is 4.90 Å². The highest BCUT2D eigenvalue weighted by Crippen LogP contribution is 2.30. The quantitative estimate of drug-likeness (QED) is 0.767. The number of cyclic esters (lactones) is 1. The number of amides is 1. The number of carbonyl (C=O) groups is 2. The van der Waals surface area contributed by atoms with Crippen LogP contribution in [0.1, 0.15) is 23.4 Å². The fourth-order valence-electron chi connectivity index (χ4n) is 3.06. The Bertz CT molecular complexity index is 532. The molecule has 6 nitrogen and oxygen atoms in total. The first kappa shape index (κ1) is 13.1. The van der Waals surface area contributed by atoms with Crippen LogP contribution in [0.15, 0.2) is 4.52 Å². The number of hydrogen-bond acceptors (Lipinski definition) is 5. The van der Waals surface area contributed by atoms with Gasteiger partial charge in [0.1, 0.15) is 5.76 Å². The number of hydrogen-bond donors (Lipinski definition) is 0. The second-order valence-electron chi connectivity index (χ2n) is 5.60. The Hall–Kier alpha value is -1.85. The third-order valence-electron chi connectivity index (χ3n) is 4.31. The van der Waals surface area contributed by atoms with Crippen molar-refractivity contribution in [3.05, 3.63) is 17.0 Å². The fraction of sp³-hybridized carbons (Fsp3) is 0.643. The first-order valence-corrected chi connectivity index (χ1v) is 6.92. The highest BCUT2D eigenvalue weighted by molar-refractivity contribution is 5.80. The molecule has 0 aliphatic carbocycles. The van der Waals surface area contributed by atoms with Crippen LogP contribution in [0.4, 0.5) is 0 Å². The lowest BCUT2D eigenvalue weighted by Gasteiger charge is -2.17. The molecular formula is C14H18N2O4. The first-order chi connectivity index (χ1) is 9.56. The first-order valence-electron chi connectivity index (χ1n) is 6.92. The maximum Gasteiger partial charge on any atom is 0.311 e. The monoisotopic (exact) mass is 278 g/mol. The Balaban J connectivity index is 1.57. The van der Waals surface area contributed by atoms with Gasteiger partial charge in [0, 0.05) is 31.0 Å². The minimum Gasteiger partial charge on any atom is -0.465 e. The number of likely N-dealkylation sites (tertiary alicyclic amines) is 1. The van der Waals surface area contributed by atoms with Crippen LogP contribution in [-0.4, -0.2) is 41.6 Å². The van der Waals surface area contributed by atoms with Crippen molar-refractivity contribution in [3.63, 3.8) is 0 Å². The van der Waals surface area contributed by atoms with Gasteiger partial charge in [0.25, 0.3) is 0 Å². The summed E-state index contributed by atoms with van der Waals surface area (Å²) in [7, 11) is 0. The number of aromatic nitrogens is 1. The van der Waals surface area contributed by atoms with E-state index in [0.29, 0.717) is 32.5 Å². The summed E-state index contributed by atoms with van der Waals surface area (Å²) in [5.41, 5.74) is 1.86. The van der Waals surface area contributed by atoms with E-state index in [4.69, 9.17) is 9.26 Å². The summed E-state index contributed by atoms with van der Waals surface area (Å²) in [6, 6.07) is 0. The van der Waals surface area contributed by atoms with Crippen LogP contribution in [0.25, 0.3) is 0 Å². The number of rotatable bonds is 3. The van der Waals surface area contributed by atoms with Gasteiger partial charge in [-0.25, -0.2) is 0 Å². The largest absolute Gasteiger partial charge is 0.465 e. The van der Waals surface area contributed by atoms with Crippen LogP contribution in [0.2, 0.25) is 0 Å². The molecule has 0 N–H and O–H groups in total. The molecule has 1 aromatic heterocycles. The molecule has 3 rings (SSSR count). The summed E-state index contributed by atoms with van der Waals surface area (Å²) in [6.45, 7) is 5.33. The predicted molar refractivity (Wildman–Crippen MR) is 68.8 cm³/mol. The summed E-state index contributed by atoms with van der Waals surface area (Å²) >= 11 is 0. The standard InChI is InChI=1S/C14H18N2O4/c1-8-11(9(2)20-15-8)3-4-13(17)16-5-10-7-19-14(18)12(10)6-16/h10,12H,3-7H2,1-2H3/t10-,12-/m1/s1. The zero-order chi connectivity index (χ0) is 14.3. The van der Waals surface area contributed by atoms with Crippen LogP contribution in [0.5, 0.6) is 0 Å². The van der Waals surface area contributed by atoms with Crippen molar-refractivity contribution in [1.29, 1.82) is 0 Å². The zero-order valence-corrected chi connectivity index (χ0v) is 11.7. The molecule has 0 saturated carbocycles. The van der Waals surface area contributed by atoms with Gasteiger partial charge in [-0.15, -0.1) is 0 Å². The minimum absolute atomic E-state index is 0.0900. The molecule has 1 aromatic rings. The van der Waals surface area contributed by atoms with Gasteiger partial charge in [-0.1, -0.05) is 5.16 Å². The molecule has 1 amide bonds. The molecule has 2 saturated heterocycles. The molecule has 2 aliphatic heterocycles. The summed E-state index contributed by atoms with van der Waals surface area (Å²) in [4.78, 5) is 25.5. The normalized spacial score (nSPS) is 24.9. The van der Waals surface area contributed by atoms with Crippen molar-refractivity contribution in [1.82, 2.24) is 10.1 Å². The number of esters is 1. The lowest BCUT2D eigenvalue weighted by Crippen LogP contribution is -2.31. The number of nitrogens with zero attached hydrogens (tertiary/aromatic N) is 2. The van der Waals surface area contributed by atoms with Crippen LogP contribution in [-0.2, 0) is 20.7 Å². The molecule has 2 aliphatic rings. The highest BCUT2D eigenvalue weighted by atomic mass is 16.5. The van der Waals surface area contributed by atoms with E-state index in [1.165, 1.54) is 0 Å². The summed E-state index contributed by atoms with van der Waals surface area (Å²) in [5.74, 6) is 0.781. The van der Waals surface area contributed by atoms with Gasteiger partial charge in [-0.3, -0.25) is 9.59 Å². The Kier molecular flexibility index (Phi) is 3.23. The molecule has 0 aromatic carbocycles. The smallest absolute Gasteiger partial charge is 0.311 e. The lowest BCUT2D eigenvalue weighted by atomic mass is 10.0. The van der Waals surface area contributed by atoms with Crippen molar-refractivity contribution >= 4 is 11.9 Å². The van der Waals surface area contributed by atoms with Crippen molar-refractivity contribution < 1.29 is 18.8 Å². The second kappa shape index (κ2) is 4.92. The van der Waals surface area contributed by atoms with Crippen molar-refractivity contribution in [2.45, 2.75) is 26.7 Å². The second-order valence-corrected chi connectivity index (χ2v) is 5.60. The van der Waals surface area contributed by atoms with Crippen molar-refractivity contribution in [2.75, 3.05) is 19.7 Å². The summed E-state index contributed by atoms with van der Waals surface area (Å²) < 4.78 is 10.1. The molecule has 6 heteroatoms. The highest BCUT2D eigenvalue weighted by Gasteiger charge is 2.45. The maximum atomic E-state index is 12.2. The lowest BCUT2D eigenvalue weighted by molar-refractivity contribution is -0.142. The van der Waals surface area contributed by atoms with E-state index in [0.717, 1.165) is 17.0 Å². The van der Waals surface area contributed by atoms with E-state index in [1.807, 2.05) is 13.8 Å². The number of aryl methyl sites for hydroxylation is 2. The van der Waals surface area contributed by atoms with Crippen LogP contribution >= 0.6 is 0 Å². The molecule has 2 atom stereocenters. The Morgan fingerprint density at radius 1 is 1.40 bits per heavy atom. The van der Waals surface area contributed by atoms with Crippen LogP contribution < -0.4 is 0 Å². The van der Waals surface area contributed by atoms with Gasteiger partial charge in [-0.05, 0) is 20.3 Å². The summed E-state index contributed by atoms with van der Waals surface area (Å²) in [5, 5.41) is 3.89. The van der Waals surface area contributed by atoms with Gasteiger partial charge in [0.15, 0.2) is 0 Å². The van der Waals surface area contributed by atoms with Gasteiger partial charge in [0.2, 0.25) is 5.91 Å². The van der Waals surface area contributed by atoms with Gasteiger partial charge in [0.05, 0.1) is 18.2 Å².